The largest absolute Gasteiger partial charge is 0.481 e. The molecule has 74 valence electrons. The lowest BCUT2D eigenvalue weighted by molar-refractivity contribution is -0.153. The maximum absolute atomic E-state index is 10.6. The number of hydrogen-bond acceptors (Lipinski definition) is 5. The molecule has 0 spiro atoms. The van der Waals surface area contributed by atoms with Crippen LogP contribution in [0.3, 0.4) is 0 Å². The molecule has 6 nitrogen and oxygen atoms in total. The van der Waals surface area contributed by atoms with Crippen LogP contribution in [0.4, 0.5) is 0 Å². The third-order valence-electron chi connectivity index (χ3n) is 1.07. The number of hydrogen-bond donors (Lipinski definition) is 1. The third kappa shape index (κ3) is 8.32. The number of ether oxygens (including phenoxy) is 2. The van der Waals surface area contributed by atoms with Gasteiger partial charge in [-0.2, -0.15) is 0 Å². The molecule has 0 radical (unpaired) electrons. The minimum Gasteiger partial charge on any atom is -0.481 e. The maximum Gasteiger partial charge on any atom is 0.344 e. The number of carboxylic acid groups (broad SMARTS) is 1. The van der Waals surface area contributed by atoms with Gasteiger partial charge in [0.15, 0.2) is 6.61 Å². The molecule has 0 saturated carbocycles. The lowest BCUT2D eigenvalue weighted by Gasteiger charge is -2.01. The highest BCUT2D eigenvalue weighted by Crippen LogP contribution is 1.90. The van der Waals surface area contributed by atoms with Crippen LogP contribution in [-0.2, 0) is 23.9 Å². The van der Waals surface area contributed by atoms with Crippen molar-refractivity contribution in [2.45, 2.75) is 12.8 Å². The molecular formula is C7H10O6. The molecule has 0 bridgehead atoms. The second kappa shape index (κ2) is 7.08. The first-order valence-electron chi connectivity index (χ1n) is 3.59. The Balaban J connectivity index is 3.26. The minimum absolute atomic E-state index is 0.0212. The zero-order valence-corrected chi connectivity index (χ0v) is 6.89. The predicted octanol–water partition coefficient (Wildman–Crippen LogP) is -0.433. The lowest BCUT2D eigenvalue weighted by Crippen LogP contribution is -2.13. The summed E-state index contributed by atoms with van der Waals surface area (Å²) in [4.78, 5) is 30.2. The van der Waals surface area contributed by atoms with Gasteiger partial charge in [-0.05, 0) is 6.42 Å². The van der Waals surface area contributed by atoms with Gasteiger partial charge in [-0.15, -0.1) is 0 Å². The van der Waals surface area contributed by atoms with E-state index in [0.717, 1.165) is 0 Å². The molecule has 0 aromatic rings. The van der Waals surface area contributed by atoms with E-state index in [0.29, 0.717) is 0 Å². The molecule has 0 aliphatic rings. The van der Waals surface area contributed by atoms with Gasteiger partial charge in [0.05, 0.1) is 6.61 Å². The Kier molecular flexibility index (Phi) is 6.21. The van der Waals surface area contributed by atoms with Gasteiger partial charge in [0.2, 0.25) is 0 Å². The average molecular weight is 190 g/mol. The second-order valence-electron chi connectivity index (χ2n) is 2.12. The number of esters is 1. The molecule has 13 heavy (non-hydrogen) atoms. The van der Waals surface area contributed by atoms with Crippen LogP contribution in [0.1, 0.15) is 12.8 Å². The van der Waals surface area contributed by atoms with E-state index in [2.05, 4.69) is 9.47 Å². The van der Waals surface area contributed by atoms with Crippen molar-refractivity contribution in [1.82, 2.24) is 0 Å². The zero-order chi connectivity index (χ0) is 10.1. The summed E-state index contributed by atoms with van der Waals surface area (Å²) in [7, 11) is 0. The van der Waals surface area contributed by atoms with Crippen LogP contribution in [0.5, 0.6) is 0 Å². The summed E-state index contributed by atoms with van der Waals surface area (Å²) in [6.45, 7) is -0.275. The fourth-order valence-electron chi connectivity index (χ4n) is 0.553. The molecule has 0 aromatic heterocycles. The number of rotatable bonds is 7. The Labute approximate surface area is 74.4 Å². The van der Waals surface area contributed by atoms with Crippen molar-refractivity contribution in [2.24, 2.45) is 0 Å². The Bertz CT molecular complexity index is 187. The zero-order valence-electron chi connectivity index (χ0n) is 6.89. The second-order valence-corrected chi connectivity index (χ2v) is 2.12. The van der Waals surface area contributed by atoms with Crippen LogP contribution in [0.25, 0.3) is 0 Å². The number of carboxylic acids is 1. The monoisotopic (exact) mass is 190 g/mol. The van der Waals surface area contributed by atoms with E-state index in [1.807, 2.05) is 0 Å². The van der Waals surface area contributed by atoms with Crippen molar-refractivity contribution >= 4 is 18.4 Å². The van der Waals surface area contributed by atoms with Gasteiger partial charge >= 0.3 is 11.9 Å². The summed E-state index contributed by atoms with van der Waals surface area (Å²) in [6.07, 6.45) is 0.198. The van der Waals surface area contributed by atoms with Gasteiger partial charge in [-0.3, -0.25) is 9.59 Å². The van der Waals surface area contributed by atoms with E-state index in [9.17, 15) is 14.4 Å². The Morgan fingerprint density at radius 1 is 1.38 bits per heavy atom. The summed E-state index contributed by atoms with van der Waals surface area (Å²) in [6, 6.07) is 0. The van der Waals surface area contributed by atoms with Crippen molar-refractivity contribution in [3.8, 4) is 0 Å². The molecule has 0 aliphatic heterocycles. The molecular weight excluding hydrogens is 180 g/mol. The van der Waals surface area contributed by atoms with E-state index < -0.39 is 18.5 Å². The smallest absolute Gasteiger partial charge is 0.344 e. The SMILES string of the molecule is O=COCC(=O)OCCCC(=O)O. The van der Waals surface area contributed by atoms with Gasteiger partial charge in [-0.25, -0.2) is 4.79 Å². The summed E-state index contributed by atoms with van der Waals surface area (Å²) >= 11 is 0. The molecule has 1 N–H and O–H groups in total. The first-order valence-corrected chi connectivity index (χ1v) is 3.59. The summed E-state index contributed by atoms with van der Waals surface area (Å²) in [5.74, 6) is -1.63. The molecule has 0 aliphatic carbocycles. The molecule has 0 saturated heterocycles. The van der Waals surface area contributed by atoms with Gasteiger partial charge in [0.1, 0.15) is 0 Å². The Hall–Kier alpha value is -1.59. The van der Waals surface area contributed by atoms with Gasteiger partial charge in [0, 0.05) is 6.42 Å². The molecule has 0 atom stereocenters. The van der Waals surface area contributed by atoms with Crippen molar-refractivity contribution in [3.05, 3.63) is 0 Å². The summed E-state index contributed by atoms with van der Waals surface area (Å²) in [5, 5.41) is 8.21. The van der Waals surface area contributed by atoms with Crippen molar-refractivity contribution in [1.29, 1.82) is 0 Å². The predicted molar refractivity (Wildman–Crippen MR) is 39.8 cm³/mol. The summed E-state index contributed by atoms with van der Waals surface area (Å²) in [5.41, 5.74) is 0. The first-order chi connectivity index (χ1) is 6.16. The minimum atomic E-state index is -0.944. The standard InChI is InChI=1S/C7H10O6/c8-5-12-4-7(11)13-3-1-2-6(9)10/h5H,1-4H2,(H,9,10). The Morgan fingerprint density at radius 2 is 2.08 bits per heavy atom. The third-order valence-corrected chi connectivity index (χ3v) is 1.07. The molecule has 6 heteroatoms. The highest BCUT2D eigenvalue weighted by molar-refractivity contribution is 5.71. The van der Waals surface area contributed by atoms with Gasteiger partial charge < -0.3 is 14.6 Å². The van der Waals surface area contributed by atoms with Crippen LogP contribution >= 0.6 is 0 Å². The van der Waals surface area contributed by atoms with Crippen LogP contribution in [0, 0.1) is 0 Å². The highest BCUT2D eigenvalue weighted by Gasteiger charge is 2.03. The number of carbonyl (C=O) groups excluding carboxylic acids is 2. The van der Waals surface area contributed by atoms with Crippen LogP contribution in [-0.4, -0.2) is 36.7 Å². The van der Waals surface area contributed by atoms with E-state index in [4.69, 9.17) is 5.11 Å². The fourth-order valence-corrected chi connectivity index (χ4v) is 0.553. The van der Waals surface area contributed by atoms with E-state index in [1.54, 1.807) is 0 Å². The normalized spacial score (nSPS) is 8.92. The molecule has 0 rings (SSSR count). The van der Waals surface area contributed by atoms with Crippen LogP contribution < -0.4 is 0 Å². The number of aliphatic carboxylic acids is 1. The van der Waals surface area contributed by atoms with E-state index in [1.165, 1.54) is 0 Å². The highest BCUT2D eigenvalue weighted by atomic mass is 16.6. The lowest BCUT2D eigenvalue weighted by atomic mass is 10.3. The maximum atomic E-state index is 10.6. The summed E-state index contributed by atoms with van der Waals surface area (Å²) < 4.78 is 8.61. The van der Waals surface area contributed by atoms with E-state index >= 15 is 0 Å². The van der Waals surface area contributed by atoms with E-state index in [-0.39, 0.29) is 25.9 Å². The number of carbonyl (C=O) groups is 3. The quantitative estimate of drug-likeness (QED) is 0.332. The molecule has 0 fully saturated rings. The van der Waals surface area contributed by atoms with Crippen LogP contribution in [0.2, 0.25) is 0 Å². The van der Waals surface area contributed by atoms with Crippen LogP contribution in [0.15, 0.2) is 0 Å². The van der Waals surface area contributed by atoms with Gasteiger partial charge in [0.25, 0.3) is 6.47 Å². The molecule has 0 unspecified atom stereocenters. The van der Waals surface area contributed by atoms with Crippen molar-refractivity contribution in [3.63, 3.8) is 0 Å². The van der Waals surface area contributed by atoms with Gasteiger partial charge in [-0.1, -0.05) is 0 Å². The molecule has 0 aromatic carbocycles. The van der Waals surface area contributed by atoms with Crippen molar-refractivity contribution in [2.75, 3.05) is 13.2 Å². The topological polar surface area (TPSA) is 89.9 Å². The first kappa shape index (κ1) is 11.4. The average Bonchev–Trinajstić information content (AvgIpc) is 2.08. The van der Waals surface area contributed by atoms with Crippen molar-refractivity contribution < 1.29 is 29.0 Å². The molecule has 0 heterocycles. The molecule has 0 amide bonds. The fraction of sp³-hybridized carbons (Fsp3) is 0.571. The Morgan fingerprint density at radius 3 is 2.62 bits per heavy atom.